The Morgan fingerprint density at radius 1 is 1.04 bits per heavy atom. The number of methoxy groups -OCH3 is 1. The molecule has 5 aromatic rings. The van der Waals surface area contributed by atoms with Crippen LogP contribution in [0.5, 0.6) is 5.75 Å². The molecule has 0 aliphatic carbocycles. The molecule has 0 amide bonds. The third kappa shape index (κ3) is 12.1. The molecule has 2 aliphatic rings. The van der Waals surface area contributed by atoms with E-state index in [0.717, 1.165) is 33.7 Å². The molecule has 48 heavy (non-hydrogen) atoms. The molecule has 1 saturated heterocycles. The Balaban J connectivity index is 0.000000242. The molecule has 4 heterocycles. The highest BCUT2D eigenvalue weighted by Crippen LogP contribution is 2.35. The number of H-pyrrole nitrogens is 1. The van der Waals surface area contributed by atoms with Crippen molar-refractivity contribution in [1.82, 2.24) is 19.9 Å². The fourth-order valence-corrected chi connectivity index (χ4v) is 4.88. The minimum absolute atomic E-state index is 0.165. The van der Waals surface area contributed by atoms with Gasteiger partial charge in [0.1, 0.15) is 29.8 Å². The second kappa shape index (κ2) is 22.4. The summed E-state index contributed by atoms with van der Waals surface area (Å²) in [6, 6.07) is 20.5. The molecular weight excluding hydrogens is 633 g/mol. The van der Waals surface area contributed by atoms with E-state index in [1.165, 1.54) is 30.8 Å². The third-order valence-electron chi connectivity index (χ3n) is 6.49. The maximum absolute atomic E-state index is 8.95. The molecule has 2 aliphatic heterocycles. The minimum atomic E-state index is -0.685. The number of aromatic nitrogens is 4. The third-order valence-corrected chi connectivity index (χ3v) is 7.04. The summed E-state index contributed by atoms with van der Waals surface area (Å²) in [5.74, 6) is 1.74. The molecule has 0 spiro atoms. The molecule has 7 rings (SSSR count). The highest BCUT2D eigenvalue weighted by Gasteiger charge is 2.30. The van der Waals surface area contributed by atoms with E-state index in [2.05, 4.69) is 75.0 Å². The van der Waals surface area contributed by atoms with E-state index in [9.17, 15) is 0 Å². The first-order valence-corrected chi connectivity index (χ1v) is 16.6. The van der Waals surface area contributed by atoms with E-state index in [1.54, 1.807) is 13.3 Å². The molecule has 2 aromatic heterocycles. The number of nitrogens with zero attached hydrogens (tertiary/aromatic N) is 3. The minimum Gasteiger partial charge on any atom is -0.471 e. The first-order valence-electron chi connectivity index (χ1n) is 15.8. The predicted molar refractivity (Wildman–Crippen MR) is 192 cm³/mol. The van der Waals surface area contributed by atoms with Crippen LogP contribution in [-0.4, -0.2) is 68.6 Å². The summed E-state index contributed by atoms with van der Waals surface area (Å²) < 4.78 is 19.3. The molecule has 0 radical (unpaired) electrons. The number of aryl methyl sites for hydroxylation is 1. The number of benzene rings is 3. The summed E-state index contributed by atoms with van der Waals surface area (Å²) in [7, 11) is 1.48. The Kier molecular flexibility index (Phi) is 18.7. The van der Waals surface area contributed by atoms with Crippen molar-refractivity contribution in [2.24, 2.45) is 0 Å². The van der Waals surface area contributed by atoms with Gasteiger partial charge in [-0.25, -0.2) is 15.0 Å². The topological polar surface area (TPSA) is 161 Å². The number of hydrogen-bond donors (Lipinski definition) is 4. The summed E-state index contributed by atoms with van der Waals surface area (Å²) in [5, 5.41) is 23.4. The summed E-state index contributed by atoms with van der Waals surface area (Å²) >= 11 is 0. The van der Waals surface area contributed by atoms with Crippen LogP contribution in [-0.2, 0) is 25.4 Å². The maximum Gasteiger partial charge on any atom is 0.292 e. The van der Waals surface area contributed by atoms with Crippen LogP contribution in [0.1, 0.15) is 52.2 Å². The highest BCUT2D eigenvalue weighted by molar-refractivity contribution is 7.26. The molecule has 4 atom stereocenters. The Labute approximate surface area is 284 Å². The van der Waals surface area contributed by atoms with E-state index in [-0.39, 0.29) is 21.7 Å². The number of carbonyl (C=O) groups excluding carboxylic acids is 1. The van der Waals surface area contributed by atoms with Crippen LogP contribution < -0.4 is 9.84 Å². The molecule has 1 fully saturated rings. The van der Waals surface area contributed by atoms with Crippen molar-refractivity contribution in [3.8, 4) is 5.75 Å². The number of hydrogen-bond acceptors (Lipinski definition) is 11. The van der Waals surface area contributed by atoms with Crippen molar-refractivity contribution in [3.05, 3.63) is 84.4 Å². The standard InChI is InChI=1S/C15H11N5.C8H9O2P.C5H10O3.C3H8.C2H4O2.C2H6/c1-2-6-11-10(4-1)5-3-7-12(11)20-15-13-14(17-8-16-13)18-9-19-15;1-6-3-2-4-7-5-9-11-10-8(6)7;1-3-5(7)4(6)2-8-3;1-3-2;1-4-2-3;1-2/h1-9H,(H2,16,17,18,19,20);2-4,11H,5H2,1H3;3-7H,2H2,1H3;3H2,1-2H3;2H,1H3;1-2H3/t;;3-,4+,5-;;;/m..1.../s1. The zero-order chi connectivity index (χ0) is 35.3. The van der Waals surface area contributed by atoms with Crippen LogP contribution in [0, 0.1) is 6.92 Å². The van der Waals surface area contributed by atoms with Gasteiger partial charge in [0.2, 0.25) is 9.03 Å². The van der Waals surface area contributed by atoms with Crippen LogP contribution >= 0.6 is 9.03 Å². The monoisotopic (exact) mass is 681 g/mol. The quantitative estimate of drug-likeness (QED) is 0.114. The molecule has 13 heteroatoms. The number of imidazole rings is 1. The Hall–Kier alpha value is -4.19. The van der Waals surface area contributed by atoms with Gasteiger partial charge in [0.15, 0.2) is 11.5 Å². The summed E-state index contributed by atoms with van der Waals surface area (Å²) in [4.78, 5) is 24.5. The zero-order valence-corrected chi connectivity index (χ0v) is 29.6. The fraction of sp³-hybridized carbons (Fsp3) is 0.371. The van der Waals surface area contributed by atoms with Gasteiger partial charge >= 0.3 is 0 Å². The first-order chi connectivity index (χ1) is 23.3. The van der Waals surface area contributed by atoms with Crippen LogP contribution in [0.25, 0.3) is 21.9 Å². The van der Waals surface area contributed by atoms with Gasteiger partial charge in [-0.3, -0.25) is 4.79 Å². The second-order valence-electron chi connectivity index (χ2n) is 10.1. The molecule has 1 unspecified atom stereocenters. The van der Waals surface area contributed by atoms with E-state index >= 15 is 0 Å². The number of carbonyl (C=O) groups is 1. The SMILES string of the molecule is CC.CCC.COC=O.C[C@H]1OC[C@H](O)[C@@H]1O.Cc1cccc2c1OPOC2.c1ccc2c(Nc3ncnc4nc[nH]c34)cccc2c1. The summed E-state index contributed by atoms with van der Waals surface area (Å²) in [6.07, 6.45) is 2.81. The first kappa shape index (κ1) is 40.0. The van der Waals surface area contributed by atoms with Gasteiger partial charge in [-0.2, -0.15) is 0 Å². The fourth-order valence-electron chi connectivity index (χ4n) is 4.23. The lowest BCUT2D eigenvalue weighted by Crippen LogP contribution is -2.27. The Morgan fingerprint density at radius 3 is 2.35 bits per heavy atom. The van der Waals surface area contributed by atoms with Gasteiger partial charge in [-0.1, -0.05) is 88.7 Å². The molecule has 0 saturated carbocycles. The van der Waals surface area contributed by atoms with E-state index in [4.69, 9.17) is 28.8 Å². The van der Waals surface area contributed by atoms with Crippen LogP contribution in [0.4, 0.5) is 11.5 Å². The van der Waals surface area contributed by atoms with Crippen LogP contribution in [0.15, 0.2) is 73.3 Å². The number of rotatable bonds is 3. The van der Waals surface area contributed by atoms with Gasteiger partial charge in [0, 0.05) is 16.6 Å². The van der Waals surface area contributed by atoms with E-state index < -0.39 is 12.2 Å². The Morgan fingerprint density at radius 2 is 1.73 bits per heavy atom. The number of aliphatic hydroxyl groups excluding tert-OH is 2. The number of ether oxygens (including phenoxy) is 2. The van der Waals surface area contributed by atoms with Gasteiger partial charge in [0.05, 0.1) is 32.8 Å². The normalized spacial score (nSPS) is 17.5. The van der Waals surface area contributed by atoms with E-state index in [0.29, 0.717) is 18.7 Å². The lowest BCUT2D eigenvalue weighted by atomic mass is 10.1. The Bertz CT molecular complexity index is 1620. The second-order valence-corrected chi connectivity index (χ2v) is 10.8. The highest BCUT2D eigenvalue weighted by atomic mass is 31.1. The molecule has 3 aromatic carbocycles. The smallest absolute Gasteiger partial charge is 0.292 e. The van der Waals surface area contributed by atoms with Crippen molar-refractivity contribution in [1.29, 1.82) is 0 Å². The number of anilines is 2. The summed E-state index contributed by atoms with van der Waals surface area (Å²) in [5.41, 5.74) is 4.82. The number of nitrogens with one attached hydrogen (secondary N) is 2. The lowest BCUT2D eigenvalue weighted by molar-refractivity contribution is -0.126. The molecule has 260 valence electrons. The van der Waals surface area contributed by atoms with Crippen molar-refractivity contribution in [2.75, 3.05) is 19.0 Å². The van der Waals surface area contributed by atoms with Gasteiger partial charge in [-0.15, -0.1) is 0 Å². The average Bonchev–Trinajstić information content (AvgIpc) is 3.73. The molecule has 0 bridgehead atoms. The maximum atomic E-state index is 8.95. The molecular formula is C35H48N5O7P. The van der Waals surface area contributed by atoms with Crippen molar-refractivity contribution in [3.63, 3.8) is 0 Å². The number of aromatic amines is 1. The zero-order valence-electron chi connectivity index (χ0n) is 28.6. The van der Waals surface area contributed by atoms with Crippen molar-refractivity contribution in [2.45, 2.75) is 72.9 Å². The van der Waals surface area contributed by atoms with Gasteiger partial charge in [0.25, 0.3) is 6.47 Å². The van der Waals surface area contributed by atoms with Gasteiger partial charge in [-0.05, 0) is 30.9 Å². The van der Waals surface area contributed by atoms with Crippen molar-refractivity contribution < 1.29 is 33.5 Å². The lowest BCUT2D eigenvalue weighted by Gasteiger charge is -2.17. The largest absolute Gasteiger partial charge is 0.471 e. The average molecular weight is 682 g/mol. The number of para-hydroxylation sites is 1. The van der Waals surface area contributed by atoms with Gasteiger partial charge < -0.3 is 39.0 Å². The summed E-state index contributed by atoms with van der Waals surface area (Å²) in [6.45, 7) is 13.4. The number of fused-ring (bicyclic) bond motifs is 3. The van der Waals surface area contributed by atoms with Crippen LogP contribution in [0.2, 0.25) is 0 Å². The van der Waals surface area contributed by atoms with Crippen molar-refractivity contribution >= 4 is 48.9 Å². The van der Waals surface area contributed by atoms with E-state index in [1.807, 2.05) is 50.2 Å². The van der Waals surface area contributed by atoms with Crippen LogP contribution in [0.3, 0.4) is 0 Å². The molecule has 4 N–H and O–H groups in total. The molecule has 12 nitrogen and oxygen atoms in total. The predicted octanol–water partition coefficient (Wildman–Crippen LogP) is 7.02. The number of aliphatic hydroxyl groups is 2.